The summed E-state index contributed by atoms with van der Waals surface area (Å²) in [6.07, 6.45) is 1.42. The van der Waals surface area contributed by atoms with E-state index in [2.05, 4.69) is 25.2 Å². The number of hydrogen-bond donors (Lipinski definition) is 1. The van der Waals surface area contributed by atoms with Crippen LogP contribution in [0.3, 0.4) is 0 Å². The Kier molecular flexibility index (Phi) is 6.62. The zero-order valence-electron chi connectivity index (χ0n) is 19.0. The van der Waals surface area contributed by atoms with Gasteiger partial charge in [-0.3, -0.25) is 0 Å². The topological polar surface area (TPSA) is 75.7 Å². The van der Waals surface area contributed by atoms with Crippen LogP contribution in [0.2, 0.25) is 18.1 Å². The molecule has 0 aromatic heterocycles. The molecule has 0 saturated carbocycles. The van der Waals surface area contributed by atoms with Crippen molar-refractivity contribution in [2.75, 3.05) is 6.54 Å². The number of amides is 1. The number of rotatable bonds is 4. The van der Waals surface area contributed by atoms with Crippen molar-refractivity contribution in [1.29, 1.82) is 0 Å². The van der Waals surface area contributed by atoms with E-state index in [1.807, 2.05) is 46.0 Å². The van der Waals surface area contributed by atoms with Crippen LogP contribution in [0, 0.1) is 0 Å². The predicted molar refractivity (Wildman–Crippen MR) is 119 cm³/mol. The number of nitrogens with one attached hydrogen (secondary N) is 1. The quantitative estimate of drug-likeness (QED) is 0.665. The molecule has 0 bridgehead atoms. The molecule has 1 amide bonds. The maximum atomic E-state index is 12.9. The second kappa shape index (κ2) is 8.04. The molecule has 29 heavy (non-hydrogen) atoms. The molecule has 1 aromatic rings. The van der Waals surface area contributed by atoms with Gasteiger partial charge in [0.2, 0.25) is 10.0 Å². The van der Waals surface area contributed by atoms with Gasteiger partial charge in [-0.2, -0.15) is 0 Å². The third-order valence-electron chi connectivity index (χ3n) is 5.72. The third-order valence-corrected chi connectivity index (χ3v) is 13.5. The Labute approximate surface area is 177 Å². The third kappa shape index (κ3) is 5.83. The first kappa shape index (κ1) is 23.9. The highest BCUT2D eigenvalue weighted by atomic mass is 32.2. The molecule has 1 saturated heterocycles. The number of carbonyl (C=O) groups excluding carboxylic acids is 1. The van der Waals surface area contributed by atoms with Crippen LogP contribution in [0.4, 0.5) is 4.79 Å². The Hall–Kier alpha value is -1.38. The molecule has 0 radical (unpaired) electrons. The molecule has 1 N–H and O–H groups in total. The summed E-state index contributed by atoms with van der Waals surface area (Å²) in [4.78, 5) is 14.5. The zero-order valence-corrected chi connectivity index (χ0v) is 20.8. The van der Waals surface area contributed by atoms with Crippen LogP contribution in [0.5, 0.6) is 0 Å². The van der Waals surface area contributed by atoms with Crippen molar-refractivity contribution in [3.8, 4) is 0 Å². The number of hydrogen-bond acceptors (Lipinski definition) is 4. The Bertz CT molecular complexity index is 837. The summed E-state index contributed by atoms with van der Waals surface area (Å²) in [5, 5.41) is -0.0994. The fourth-order valence-electron chi connectivity index (χ4n) is 3.07. The van der Waals surface area contributed by atoms with Crippen LogP contribution in [0.25, 0.3) is 0 Å². The van der Waals surface area contributed by atoms with E-state index in [4.69, 9.17) is 4.74 Å². The van der Waals surface area contributed by atoms with E-state index in [1.54, 1.807) is 17.0 Å². The molecule has 0 aliphatic carbocycles. The molecule has 1 aromatic carbocycles. The lowest BCUT2D eigenvalue weighted by molar-refractivity contribution is 0.0224. The summed E-state index contributed by atoms with van der Waals surface area (Å²) in [6, 6.07) is 6.81. The average Bonchev–Trinajstić information content (AvgIpc) is 3.01. The second-order valence-electron chi connectivity index (χ2n) is 10.4. The van der Waals surface area contributed by atoms with E-state index in [0.717, 1.165) is 18.4 Å². The maximum Gasteiger partial charge on any atom is 0.410 e. The van der Waals surface area contributed by atoms with Crippen molar-refractivity contribution >= 4 is 24.4 Å². The van der Waals surface area contributed by atoms with Gasteiger partial charge in [0.1, 0.15) is 13.8 Å². The molecule has 6 nitrogen and oxygen atoms in total. The molecule has 1 unspecified atom stereocenters. The number of likely N-dealkylation sites (tertiary alicyclic amines) is 1. The van der Waals surface area contributed by atoms with E-state index in [1.165, 1.54) is 0 Å². The normalized spacial score (nSPS) is 18.8. The molecule has 1 fully saturated rings. The monoisotopic (exact) mass is 440 g/mol. The Balaban J connectivity index is 2.20. The van der Waals surface area contributed by atoms with Crippen molar-refractivity contribution in [3.05, 3.63) is 29.8 Å². The highest BCUT2D eigenvalue weighted by Gasteiger charge is 2.39. The van der Waals surface area contributed by atoms with Gasteiger partial charge in [0.25, 0.3) is 0 Å². The zero-order chi connectivity index (χ0) is 22.3. The molecule has 0 spiro atoms. The van der Waals surface area contributed by atoms with Gasteiger partial charge in [-0.1, -0.05) is 46.0 Å². The van der Waals surface area contributed by atoms with Crippen molar-refractivity contribution in [3.63, 3.8) is 0 Å². The highest BCUT2D eigenvalue weighted by molar-refractivity contribution is 7.91. The van der Waals surface area contributed by atoms with Crippen molar-refractivity contribution in [1.82, 2.24) is 9.29 Å². The van der Waals surface area contributed by atoms with Gasteiger partial charge in [-0.15, -0.1) is 0 Å². The maximum absolute atomic E-state index is 12.9. The van der Waals surface area contributed by atoms with Gasteiger partial charge < -0.3 is 9.64 Å². The minimum atomic E-state index is -3.59. The standard InChI is InChI=1S/C21H36N2O4SSi/c1-20(2,3)27-19(24)23-15-9-10-18(23)16-11-13-17(14-12-16)28(25,26)22-29(7,8)21(4,5)6/h11-14,18,22H,9-10,15H2,1-8H3. The lowest BCUT2D eigenvalue weighted by atomic mass is 10.1. The summed E-state index contributed by atoms with van der Waals surface area (Å²) in [5.41, 5.74) is 0.386. The molecule has 2 rings (SSSR count). The number of nitrogens with zero attached hydrogens (tertiary/aromatic N) is 1. The van der Waals surface area contributed by atoms with Crippen LogP contribution in [0.15, 0.2) is 29.2 Å². The largest absolute Gasteiger partial charge is 0.444 e. The summed E-state index contributed by atoms with van der Waals surface area (Å²) >= 11 is 0. The summed E-state index contributed by atoms with van der Waals surface area (Å²) < 4.78 is 34.3. The highest BCUT2D eigenvalue weighted by Crippen LogP contribution is 2.36. The van der Waals surface area contributed by atoms with Gasteiger partial charge in [0, 0.05) is 6.54 Å². The summed E-state index contributed by atoms with van der Waals surface area (Å²) in [5.74, 6) is 0. The first-order valence-electron chi connectivity index (χ1n) is 10.2. The smallest absolute Gasteiger partial charge is 0.410 e. The van der Waals surface area contributed by atoms with Gasteiger partial charge >= 0.3 is 6.09 Å². The van der Waals surface area contributed by atoms with Gasteiger partial charge in [0.15, 0.2) is 0 Å². The molecule has 1 aliphatic rings. The number of ether oxygens (including phenoxy) is 1. The van der Waals surface area contributed by atoms with Crippen LogP contribution in [0.1, 0.15) is 66.0 Å². The van der Waals surface area contributed by atoms with E-state index < -0.39 is 23.9 Å². The molecular formula is C21H36N2O4SSi. The van der Waals surface area contributed by atoms with Gasteiger partial charge in [0.05, 0.1) is 10.9 Å². The minimum Gasteiger partial charge on any atom is -0.444 e. The fraction of sp³-hybridized carbons (Fsp3) is 0.667. The molecule has 1 aliphatic heterocycles. The lowest BCUT2D eigenvalue weighted by Gasteiger charge is -2.36. The number of benzene rings is 1. The predicted octanol–water partition coefficient (Wildman–Crippen LogP) is 5.04. The van der Waals surface area contributed by atoms with Crippen LogP contribution < -0.4 is 4.39 Å². The number of carbonyl (C=O) groups is 1. The van der Waals surface area contributed by atoms with E-state index in [0.29, 0.717) is 6.54 Å². The molecule has 1 atom stereocenters. The average molecular weight is 441 g/mol. The van der Waals surface area contributed by atoms with Crippen molar-refractivity contribution in [2.45, 2.75) is 89.1 Å². The van der Waals surface area contributed by atoms with Crippen LogP contribution >= 0.6 is 0 Å². The Morgan fingerprint density at radius 3 is 2.14 bits per heavy atom. The molecule has 1 heterocycles. The lowest BCUT2D eigenvalue weighted by Crippen LogP contribution is -2.54. The number of sulfonamides is 1. The summed E-state index contributed by atoms with van der Waals surface area (Å²) in [7, 11) is -5.81. The molecule has 8 heteroatoms. The Morgan fingerprint density at radius 1 is 1.10 bits per heavy atom. The minimum absolute atomic E-state index is 0.0880. The van der Waals surface area contributed by atoms with E-state index in [-0.39, 0.29) is 22.1 Å². The molecule has 164 valence electrons. The Morgan fingerprint density at radius 2 is 1.66 bits per heavy atom. The van der Waals surface area contributed by atoms with E-state index in [9.17, 15) is 13.2 Å². The fourth-order valence-corrected chi connectivity index (χ4v) is 7.95. The van der Waals surface area contributed by atoms with Crippen molar-refractivity contribution < 1.29 is 17.9 Å². The second-order valence-corrected chi connectivity index (χ2v) is 17.4. The van der Waals surface area contributed by atoms with Crippen LogP contribution in [-0.4, -0.2) is 39.8 Å². The summed E-state index contributed by atoms with van der Waals surface area (Å²) in [6.45, 7) is 16.4. The van der Waals surface area contributed by atoms with Crippen molar-refractivity contribution in [2.24, 2.45) is 0 Å². The van der Waals surface area contributed by atoms with Gasteiger partial charge in [-0.05, 0) is 56.3 Å². The first-order chi connectivity index (χ1) is 13.0. The first-order valence-corrected chi connectivity index (χ1v) is 14.7. The van der Waals surface area contributed by atoms with Crippen LogP contribution in [-0.2, 0) is 14.8 Å². The SMILES string of the molecule is CC(C)(C)OC(=O)N1CCCC1c1ccc(S(=O)(=O)N[Si](C)(C)C(C)(C)C)cc1. The molecular weight excluding hydrogens is 404 g/mol. The van der Waals surface area contributed by atoms with E-state index >= 15 is 0 Å². The van der Waals surface area contributed by atoms with Gasteiger partial charge in [-0.25, -0.2) is 17.6 Å².